The van der Waals surface area contributed by atoms with Crippen molar-refractivity contribution in [2.45, 2.75) is 53.4 Å². The number of thiophene rings is 1. The molecular weight excluding hydrogens is 470 g/mol. The number of rotatable bonds is 4. The molecule has 0 spiro atoms. The first-order valence-corrected chi connectivity index (χ1v) is 14.0. The summed E-state index contributed by atoms with van der Waals surface area (Å²) in [5, 5.41) is 4.92. The minimum atomic E-state index is 0.0215. The molecule has 0 unspecified atom stereocenters. The van der Waals surface area contributed by atoms with E-state index in [1.807, 2.05) is 23.6 Å². The fourth-order valence-corrected chi connectivity index (χ4v) is 6.70. The highest BCUT2D eigenvalue weighted by Gasteiger charge is 2.21. The zero-order chi connectivity index (χ0) is 25.9. The van der Waals surface area contributed by atoms with E-state index in [0.717, 1.165) is 34.4 Å². The number of pyridine rings is 1. The van der Waals surface area contributed by atoms with Crippen LogP contribution in [-0.4, -0.2) is 4.98 Å². The maximum atomic E-state index is 6.48. The van der Waals surface area contributed by atoms with Crippen LogP contribution in [0, 0.1) is 12.8 Å². The molecule has 0 amide bonds. The van der Waals surface area contributed by atoms with E-state index >= 15 is 0 Å². The average molecular weight is 504 g/mol. The molecule has 0 aliphatic carbocycles. The Morgan fingerprint density at radius 1 is 0.892 bits per heavy atom. The van der Waals surface area contributed by atoms with Crippen LogP contribution in [0.1, 0.15) is 51.3 Å². The number of fused-ring (bicyclic) bond motifs is 3. The van der Waals surface area contributed by atoms with E-state index in [2.05, 4.69) is 102 Å². The molecule has 0 atom stereocenters. The van der Waals surface area contributed by atoms with Gasteiger partial charge in [0.2, 0.25) is 0 Å². The Morgan fingerprint density at radius 2 is 1.70 bits per heavy atom. The quantitative estimate of drug-likeness (QED) is 0.239. The van der Waals surface area contributed by atoms with Crippen molar-refractivity contribution >= 4 is 43.2 Å². The third-order valence-corrected chi connectivity index (χ3v) is 8.53. The molecule has 3 heteroatoms. The number of aromatic nitrogens is 1. The van der Waals surface area contributed by atoms with Gasteiger partial charge in [-0.15, -0.1) is 11.3 Å². The van der Waals surface area contributed by atoms with Gasteiger partial charge in [-0.25, -0.2) is 0 Å². The van der Waals surface area contributed by atoms with Crippen molar-refractivity contribution in [3.8, 4) is 21.9 Å². The van der Waals surface area contributed by atoms with Crippen LogP contribution in [0.5, 0.6) is 0 Å². The van der Waals surface area contributed by atoms with E-state index in [-0.39, 0.29) is 5.41 Å². The van der Waals surface area contributed by atoms with Crippen molar-refractivity contribution in [2.24, 2.45) is 5.92 Å². The Hall–Kier alpha value is -3.43. The van der Waals surface area contributed by atoms with E-state index in [4.69, 9.17) is 9.40 Å². The van der Waals surface area contributed by atoms with Gasteiger partial charge in [0, 0.05) is 21.8 Å². The third kappa shape index (κ3) is 4.26. The topological polar surface area (TPSA) is 26.0 Å². The van der Waals surface area contributed by atoms with E-state index in [1.165, 1.54) is 42.4 Å². The zero-order valence-electron chi connectivity index (χ0n) is 22.5. The molecule has 6 rings (SSSR count). The maximum Gasteiger partial charge on any atom is 0.145 e. The highest BCUT2D eigenvalue weighted by Crippen LogP contribution is 2.43. The Labute approximate surface area is 223 Å². The van der Waals surface area contributed by atoms with Crippen molar-refractivity contribution in [1.29, 1.82) is 0 Å². The first kappa shape index (κ1) is 23.9. The molecule has 3 aromatic carbocycles. The van der Waals surface area contributed by atoms with Gasteiger partial charge < -0.3 is 4.42 Å². The highest BCUT2D eigenvalue weighted by molar-refractivity contribution is 7.22. The minimum Gasteiger partial charge on any atom is -0.455 e. The second kappa shape index (κ2) is 8.85. The summed E-state index contributed by atoms with van der Waals surface area (Å²) in [6.45, 7) is 13.6. The first-order chi connectivity index (χ1) is 17.7. The first-order valence-electron chi connectivity index (χ1n) is 13.1. The van der Waals surface area contributed by atoms with Crippen LogP contribution in [0.15, 0.2) is 77.3 Å². The minimum absolute atomic E-state index is 0.0215. The van der Waals surface area contributed by atoms with Gasteiger partial charge in [-0.1, -0.05) is 71.0 Å². The fraction of sp³-hybridized carbons (Fsp3) is 0.265. The normalized spacial score (nSPS) is 12.4. The molecule has 37 heavy (non-hydrogen) atoms. The third-order valence-electron chi connectivity index (χ3n) is 7.26. The van der Waals surface area contributed by atoms with Crippen molar-refractivity contribution < 1.29 is 4.42 Å². The number of hydrogen-bond donors (Lipinski definition) is 0. The monoisotopic (exact) mass is 503 g/mol. The number of hydrogen-bond acceptors (Lipinski definition) is 3. The Balaban J connectivity index is 1.51. The smallest absolute Gasteiger partial charge is 0.145 e. The summed E-state index contributed by atoms with van der Waals surface area (Å²) in [5.74, 6) is 1.57. The molecule has 0 fully saturated rings. The van der Waals surface area contributed by atoms with Crippen molar-refractivity contribution in [2.75, 3.05) is 0 Å². The van der Waals surface area contributed by atoms with E-state index in [9.17, 15) is 0 Å². The van der Waals surface area contributed by atoms with Crippen molar-refractivity contribution in [1.82, 2.24) is 4.98 Å². The molecule has 186 valence electrons. The van der Waals surface area contributed by atoms with E-state index in [0.29, 0.717) is 5.92 Å². The standard InChI is InChI=1S/C34H33NOS/c1-20(2)15-22-11-12-25-21(3)33(37-31(25)16-22)30-19-27-29(36-30)13-14-35-32(27)24-17-23-9-7-8-10-26(23)28(18-24)34(4,5)6/h7-14,16-20H,15H2,1-6H3. The Bertz CT molecular complexity index is 1780. The van der Waals surface area contributed by atoms with Crippen LogP contribution < -0.4 is 0 Å². The lowest BCUT2D eigenvalue weighted by Crippen LogP contribution is -2.12. The lowest BCUT2D eigenvalue weighted by molar-refractivity contribution is 0.596. The fourth-order valence-electron chi connectivity index (χ4n) is 5.48. The largest absolute Gasteiger partial charge is 0.455 e. The number of nitrogens with zero attached hydrogens (tertiary/aromatic N) is 1. The van der Waals surface area contributed by atoms with Gasteiger partial charge in [0.1, 0.15) is 11.3 Å². The van der Waals surface area contributed by atoms with Crippen LogP contribution in [-0.2, 0) is 11.8 Å². The molecule has 2 nitrogen and oxygen atoms in total. The molecule has 6 aromatic rings. The van der Waals surface area contributed by atoms with Crippen molar-refractivity contribution in [3.63, 3.8) is 0 Å². The van der Waals surface area contributed by atoms with Gasteiger partial charge >= 0.3 is 0 Å². The van der Waals surface area contributed by atoms with Crippen LogP contribution >= 0.6 is 11.3 Å². The summed E-state index contributed by atoms with van der Waals surface area (Å²) in [5.41, 5.74) is 7.02. The summed E-state index contributed by atoms with van der Waals surface area (Å²) in [7, 11) is 0. The summed E-state index contributed by atoms with van der Waals surface area (Å²) in [6, 6.07) is 24.3. The molecule has 0 N–H and O–H groups in total. The summed E-state index contributed by atoms with van der Waals surface area (Å²) >= 11 is 1.83. The summed E-state index contributed by atoms with van der Waals surface area (Å²) in [6.07, 6.45) is 2.97. The molecule has 0 aliphatic heterocycles. The molecule has 0 saturated heterocycles. The molecule has 3 aromatic heterocycles. The van der Waals surface area contributed by atoms with Gasteiger partial charge in [0.15, 0.2) is 0 Å². The second-order valence-electron chi connectivity index (χ2n) is 11.7. The summed E-state index contributed by atoms with van der Waals surface area (Å²) < 4.78 is 7.80. The molecule has 3 heterocycles. The molecule has 0 saturated carbocycles. The predicted molar refractivity (Wildman–Crippen MR) is 160 cm³/mol. The Kier molecular flexibility index (Phi) is 5.72. The average Bonchev–Trinajstić information content (AvgIpc) is 3.43. The van der Waals surface area contributed by atoms with Crippen LogP contribution in [0.25, 0.3) is 53.7 Å². The maximum absolute atomic E-state index is 6.48. The number of aryl methyl sites for hydroxylation is 1. The van der Waals surface area contributed by atoms with E-state index in [1.54, 1.807) is 0 Å². The van der Waals surface area contributed by atoms with Crippen molar-refractivity contribution in [3.05, 3.63) is 89.6 Å². The van der Waals surface area contributed by atoms with Gasteiger partial charge in [-0.05, 0) is 87.9 Å². The van der Waals surface area contributed by atoms with Gasteiger partial charge in [0.05, 0.1) is 10.6 Å². The second-order valence-corrected chi connectivity index (χ2v) is 12.7. The van der Waals surface area contributed by atoms with Gasteiger partial charge in [0.25, 0.3) is 0 Å². The number of benzene rings is 3. The predicted octanol–water partition coefficient (Wildman–Crippen LogP) is 10.3. The van der Waals surface area contributed by atoms with Gasteiger partial charge in [-0.2, -0.15) is 0 Å². The van der Waals surface area contributed by atoms with Crippen LogP contribution in [0.3, 0.4) is 0 Å². The number of furan rings is 1. The van der Waals surface area contributed by atoms with Gasteiger partial charge in [-0.3, -0.25) is 4.98 Å². The summed E-state index contributed by atoms with van der Waals surface area (Å²) in [4.78, 5) is 6.06. The van der Waals surface area contributed by atoms with E-state index < -0.39 is 0 Å². The Morgan fingerprint density at radius 3 is 2.49 bits per heavy atom. The SMILES string of the molecule is Cc1c(-c2cc3c(-c4cc(C(C)(C)C)c5ccccc5c4)nccc3o2)sc2cc(CC(C)C)ccc12. The lowest BCUT2D eigenvalue weighted by Gasteiger charge is -2.22. The molecule has 0 bridgehead atoms. The highest BCUT2D eigenvalue weighted by atomic mass is 32.1. The van der Waals surface area contributed by atoms with Crippen LogP contribution in [0.2, 0.25) is 0 Å². The van der Waals surface area contributed by atoms with Crippen LogP contribution in [0.4, 0.5) is 0 Å². The molecule has 0 radical (unpaired) electrons. The lowest BCUT2D eigenvalue weighted by atomic mass is 9.82. The zero-order valence-corrected chi connectivity index (χ0v) is 23.3. The molecule has 0 aliphatic rings. The molecular formula is C34H33NOS.